The molecule has 1 saturated carbocycles. The molecule has 120 valence electrons. The third-order valence-corrected chi connectivity index (χ3v) is 4.88. The zero-order valence-corrected chi connectivity index (χ0v) is 16.3. The number of aryl methyl sites for hydroxylation is 1. The van der Waals surface area contributed by atoms with E-state index in [1.807, 2.05) is 7.05 Å². The van der Waals surface area contributed by atoms with Gasteiger partial charge in [-0.15, -0.1) is 35.3 Å². The molecule has 2 N–H and O–H groups in total. The minimum absolute atomic E-state index is 0. The molecule has 0 bridgehead atoms. The van der Waals surface area contributed by atoms with Crippen LogP contribution >= 0.6 is 35.3 Å². The van der Waals surface area contributed by atoms with Crippen LogP contribution in [0.1, 0.15) is 50.2 Å². The van der Waals surface area contributed by atoms with Gasteiger partial charge in [0.15, 0.2) is 5.96 Å². The number of nitrogens with one attached hydrogen (secondary N) is 2. The predicted octanol–water partition coefficient (Wildman–Crippen LogP) is 3.57. The van der Waals surface area contributed by atoms with Crippen molar-refractivity contribution in [3.05, 3.63) is 16.1 Å². The molecular weight excluding hydrogens is 395 g/mol. The predicted molar refractivity (Wildman–Crippen MR) is 102 cm³/mol. The fourth-order valence-electron chi connectivity index (χ4n) is 2.72. The summed E-state index contributed by atoms with van der Waals surface area (Å²) in [6.45, 7) is 5.23. The number of thiazole rings is 1. The Hall–Kier alpha value is -0.370. The maximum Gasteiger partial charge on any atom is 0.191 e. The van der Waals surface area contributed by atoms with Gasteiger partial charge in [-0.25, -0.2) is 4.98 Å². The molecule has 0 amide bonds. The standard InChI is InChI=1S/C15H26N4S.HI/c1-4-14-18-13(10-20-14)9-17-15(16-3)19-12-7-5-6-11(2)8-12;/h10-12H,4-9H2,1-3H3,(H2,16,17,19);1H. The fourth-order valence-corrected chi connectivity index (χ4v) is 3.46. The van der Waals surface area contributed by atoms with Crippen LogP contribution in [0.25, 0.3) is 0 Å². The van der Waals surface area contributed by atoms with E-state index in [9.17, 15) is 0 Å². The van der Waals surface area contributed by atoms with Gasteiger partial charge in [0.2, 0.25) is 0 Å². The van der Waals surface area contributed by atoms with Crippen molar-refractivity contribution in [2.24, 2.45) is 10.9 Å². The average molecular weight is 422 g/mol. The topological polar surface area (TPSA) is 49.3 Å². The van der Waals surface area contributed by atoms with E-state index in [1.165, 1.54) is 30.7 Å². The Labute approximate surface area is 149 Å². The van der Waals surface area contributed by atoms with Crippen molar-refractivity contribution in [1.82, 2.24) is 15.6 Å². The number of rotatable bonds is 4. The lowest BCUT2D eigenvalue weighted by Crippen LogP contribution is -2.44. The average Bonchev–Trinajstić information content (AvgIpc) is 2.91. The molecular formula is C15H27IN4S. The van der Waals surface area contributed by atoms with Crippen molar-refractivity contribution in [1.29, 1.82) is 0 Å². The molecule has 0 spiro atoms. The Balaban J connectivity index is 0.00000220. The number of hydrogen-bond acceptors (Lipinski definition) is 3. The summed E-state index contributed by atoms with van der Waals surface area (Å²) >= 11 is 1.73. The number of guanidine groups is 1. The number of aromatic nitrogens is 1. The van der Waals surface area contributed by atoms with E-state index in [4.69, 9.17) is 0 Å². The maximum atomic E-state index is 4.57. The molecule has 21 heavy (non-hydrogen) atoms. The summed E-state index contributed by atoms with van der Waals surface area (Å²) in [5.74, 6) is 1.72. The summed E-state index contributed by atoms with van der Waals surface area (Å²) in [5, 5.41) is 10.2. The lowest BCUT2D eigenvalue weighted by molar-refractivity contribution is 0.324. The third kappa shape index (κ3) is 6.10. The molecule has 0 aromatic carbocycles. The molecule has 0 aliphatic heterocycles. The van der Waals surface area contributed by atoms with Crippen LogP contribution in [0, 0.1) is 5.92 Å². The molecule has 0 saturated heterocycles. The van der Waals surface area contributed by atoms with E-state index < -0.39 is 0 Å². The monoisotopic (exact) mass is 422 g/mol. The van der Waals surface area contributed by atoms with Crippen LogP contribution in [-0.2, 0) is 13.0 Å². The molecule has 1 fully saturated rings. The van der Waals surface area contributed by atoms with Gasteiger partial charge in [0.25, 0.3) is 0 Å². The largest absolute Gasteiger partial charge is 0.354 e. The normalized spacial score (nSPS) is 22.5. The van der Waals surface area contributed by atoms with Gasteiger partial charge in [0, 0.05) is 18.5 Å². The van der Waals surface area contributed by atoms with E-state index >= 15 is 0 Å². The molecule has 1 aromatic rings. The molecule has 1 aromatic heterocycles. The quantitative estimate of drug-likeness (QED) is 0.443. The minimum atomic E-state index is 0. The molecule has 1 aliphatic carbocycles. The number of halogens is 1. The van der Waals surface area contributed by atoms with Crippen LogP contribution in [0.2, 0.25) is 0 Å². The fraction of sp³-hybridized carbons (Fsp3) is 0.733. The summed E-state index contributed by atoms with van der Waals surface area (Å²) < 4.78 is 0. The third-order valence-electron chi connectivity index (χ3n) is 3.84. The highest BCUT2D eigenvalue weighted by Gasteiger charge is 2.19. The second-order valence-corrected chi connectivity index (χ2v) is 6.57. The Morgan fingerprint density at radius 2 is 2.29 bits per heavy atom. The van der Waals surface area contributed by atoms with Crippen molar-refractivity contribution in [3.8, 4) is 0 Å². The van der Waals surface area contributed by atoms with Crippen molar-refractivity contribution in [2.75, 3.05) is 7.05 Å². The van der Waals surface area contributed by atoms with Gasteiger partial charge in [-0.3, -0.25) is 4.99 Å². The second kappa shape index (κ2) is 9.61. The van der Waals surface area contributed by atoms with Crippen LogP contribution < -0.4 is 10.6 Å². The Morgan fingerprint density at radius 3 is 2.90 bits per heavy atom. The van der Waals surface area contributed by atoms with Gasteiger partial charge >= 0.3 is 0 Å². The van der Waals surface area contributed by atoms with Crippen LogP contribution in [0.3, 0.4) is 0 Å². The first-order valence-corrected chi connectivity index (χ1v) is 8.49. The van der Waals surface area contributed by atoms with Crippen molar-refractivity contribution >= 4 is 41.3 Å². The van der Waals surface area contributed by atoms with E-state index in [2.05, 4.69) is 39.8 Å². The lowest BCUT2D eigenvalue weighted by atomic mass is 9.87. The zero-order valence-electron chi connectivity index (χ0n) is 13.2. The van der Waals surface area contributed by atoms with E-state index in [-0.39, 0.29) is 24.0 Å². The second-order valence-electron chi connectivity index (χ2n) is 5.62. The van der Waals surface area contributed by atoms with E-state index in [1.54, 1.807) is 11.3 Å². The molecule has 2 rings (SSSR count). The summed E-state index contributed by atoms with van der Waals surface area (Å²) in [5.41, 5.74) is 1.10. The zero-order chi connectivity index (χ0) is 14.4. The van der Waals surface area contributed by atoms with Crippen molar-refractivity contribution in [2.45, 2.75) is 58.5 Å². The first kappa shape index (κ1) is 18.7. The summed E-state index contributed by atoms with van der Waals surface area (Å²) in [7, 11) is 1.83. The van der Waals surface area contributed by atoms with Crippen molar-refractivity contribution in [3.63, 3.8) is 0 Å². The highest BCUT2D eigenvalue weighted by molar-refractivity contribution is 14.0. The van der Waals surface area contributed by atoms with E-state index in [0.29, 0.717) is 6.04 Å². The Kier molecular flexibility index (Phi) is 8.55. The number of nitrogens with zero attached hydrogens (tertiary/aromatic N) is 2. The minimum Gasteiger partial charge on any atom is -0.354 e. The highest BCUT2D eigenvalue weighted by Crippen LogP contribution is 2.23. The molecule has 2 unspecified atom stereocenters. The lowest BCUT2D eigenvalue weighted by Gasteiger charge is -2.28. The molecule has 0 radical (unpaired) electrons. The van der Waals surface area contributed by atoms with E-state index in [0.717, 1.165) is 30.5 Å². The SMILES string of the molecule is CCc1nc(CNC(=NC)NC2CCCC(C)C2)cs1.I. The molecule has 1 aliphatic rings. The Morgan fingerprint density at radius 1 is 1.48 bits per heavy atom. The Bertz CT molecular complexity index is 447. The molecule has 1 heterocycles. The summed E-state index contributed by atoms with van der Waals surface area (Å²) in [6.07, 6.45) is 6.20. The maximum absolute atomic E-state index is 4.57. The van der Waals surface area contributed by atoms with Gasteiger partial charge in [-0.05, 0) is 25.2 Å². The number of hydrogen-bond donors (Lipinski definition) is 2. The van der Waals surface area contributed by atoms with Gasteiger partial charge in [0.1, 0.15) is 0 Å². The van der Waals surface area contributed by atoms with Gasteiger partial charge < -0.3 is 10.6 Å². The highest BCUT2D eigenvalue weighted by atomic mass is 127. The van der Waals surface area contributed by atoms with Crippen LogP contribution in [0.5, 0.6) is 0 Å². The first-order valence-electron chi connectivity index (χ1n) is 7.61. The summed E-state index contributed by atoms with van der Waals surface area (Å²) in [6, 6.07) is 0.562. The van der Waals surface area contributed by atoms with Crippen LogP contribution in [0.4, 0.5) is 0 Å². The van der Waals surface area contributed by atoms with Crippen LogP contribution in [0.15, 0.2) is 10.4 Å². The van der Waals surface area contributed by atoms with Gasteiger partial charge in [-0.2, -0.15) is 0 Å². The summed E-state index contributed by atoms with van der Waals surface area (Å²) in [4.78, 5) is 8.89. The first-order chi connectivity index (χ1) is 9.71. The smallest absolute Gasteiger partial charge is 0.191 e. The number of aliphatic imine (C=N–C) groups is 1. The van der Waals surface area contributed by atoms with Crippen LogP contribution in [-0.4, -0.2) is 24.0 Å². The van der Waals surface area contributed by atoms with Gasteiger partial charge in [0.05, 0.1) is 17.2 Å². The molecule has 4 nitrogen and oxygen atoms in total. The van der Waals surface area contributed by atoms with Crippen molar-refractivity contribution < 1.29 is 0 Å². The molecule has 6 heteroatoms. The molecule has 2 atom stereocenters. The van der Waals surface area contributed by atoms with Gasteiger partial charge in [-0.1, -0.05) is 26.7 Å².